The van der Waals surface area contributed by atoms with Gasteiger partial charge < -0.3 is 10.4 Å². The van der Waals surface area contributed by atoms with E-state index < -0.39 is 17.8 Å². The molecule has 2 atom stereocenters. The molecule has 2 rings (SSSR count). The van der Waals surface area contributed by atoms with E-state index in [1.165, 1.54) is 0 Å². The maximum absolute atomic E-state index is 12.3. The number of benzene rings is 1. The van der Waals surface area contributed by atoms with Gasteiger partial charge in [0.15, 0.2) is 0 Å². The maximum atomic E-state index is 12.3. The van der Waals surface area contributed by atoms with Crippen molar-refractivity contribution in [1.29, 1.82) is 0 Å². The van der Waals surface area contributed by atoms with E-state index in [-0.39, 0.29) is 5.91 Å². The normalized spacial score (nSPS) is 22.3. The molecule has 1 fully saturated rings. The molecule has 4 nitrogen and oxygen atoms in total. The summed E-state index contributed by atoms with van der Waals surface area (Å²) in [5.74, 6) is -2.26. The number of rotatable bonds is 3. The minimum atomic E-state index is -0.898. The highest BCUT2D eigenvalue weighted by Gasteiger charge is 2.35. The van der Waals surface area contributed by atoms with E-state index in [1.807, 2.05) is 0 Å². The lowest BCUT2D eigenvalue weighted by atomic mass is 9.78. The van der Waals surface area contributed by atoms with Crippen molar-refractivity contribution in [3.63, 3.8) is 0 Å². The Kier molecular flexibility index (Phi) is 5.05. The molecule has 20 heavy (non-hydrogen) atoms. The van der Waals surface area contributed by atoms with Gasteiger partial charge in [-0.3, -0.25) is 9.59 Å². The molecular formula is C14H15BrClNO3. The Morgan fingerprint density at radius 2 is 1.90 bits per heavy atom. The van der Waals surface area contributed by atoms with Crippen LogP contribution in [0.4, 0.5) is 5.69 Å². The predicted octanol–water partition coefficient (Wildman–Crippen LogP) is 3.93. The van der Waals surface area contributed by atoms with Gasteiger partial charge in [-0.05, 0) is 31.0 Å². The van der Waals surface area contributed by atoms with E-state index >= 15 is 0 Å². The summed E-state index contributed by atoms with van der Waals surface area (Å²) in [7, 11) is 0. The van der Waals surface area contributed by atoms with Gasteiger partial charge in [0.2, 0.25) is 5.91 Å². The van der Waals surface area contributed by atoms with Crippen LogP contribution >= 0.6 is 27.5 Å². The topological polar surface area (TPSA) is 66.4 Å². The predicted molar refractivity (Wildman–Crippen MR) is 80.9 cm³/mol. The average Bonchev–Trinajstić information content (AvgIpc) is 2.42. The Hall–Kier alpha value is -1.07. The third-order valence-corrected chi connectivity index (χ3v) is 4.43. The molecule has 0 heterocycles. The zero-order valence-corrected chi connectivity index (χ0v) is 13.1. The molecule has 1 aliphatic rings. The Labute approximate surface area is 130 Å². The van der Waals surface area contributed by atoms with Gasteiger partial charge in [-0.25, -0.2) is 0 Å². The number of hydrogen-bond donors (Lipinski definition) is 2. The van der Waals surface area contributed by atoms with E-state index in [9.17, 15) is 14.7 Å². The lowest BCUT2D eigenvalue weighted by Gasteiger charge is -2.27. The van der Waals surface area contributed by atoms with Gasteiger partial charge in [0.05, 0.1) is 22.5 Å². The molecule has 1 aromatic rings. The second-order valence-electron chi connectivity index (χ2n) is 4.95. The van der Waals surface area contributed by atoms with E-state index in [0.29, 0.717) is 23.6 Å². The Bertz CT molecular complexity index is 535. The lowest BCUT2D eigenvalue weighted by molar-refractivity contribution is -0.147. The maximum Gasteiger partial charge on any atom is 0.307 e. The number of carbonyl (C=O) groups excluding carboxylic acids is 1. The number of carboxylic acid groups (broad SMARTS) is 1. The summed E-state index contributed by atoms with van der Waals surface area (Å²) in [5.41, 5.74) is 0.501. The van der Waals surface area contributed by atoms with Crippen LogP contribution in [0.2, 0.25) is 5.02 Å². The first-order chi connectivity index (χ1) is 9.49. The number of hydrogen-bond acceptors (Lipinski definition) is 2. The number of halogens is 2. The molecule has 0 bridgehead atoms. The van der Waals surface area contributed by atoms with Crippen LogP contribution in [0.1, 0.15) is 25.7 Å². The molecule has 6 heteroatoms. The second kappa shape index (κ2) is 6.59. The Balaban J connectivity index is 2.14. The summed E-state index contributed by atoms with van der Waals surface area (Å²) in [6.45, 7) is 0. The zero-order valence-electron chi connectivity index (χ0n) is 10.7. The van der Waals surface area contributed by atoms with Crippen LogP contribution in [-0.2, 0) is 9.59 Å². The summed E-state index contributed by atoms with van der Waals surface area (Å²) >= 11 is 9.34. The SMILES string of the molecule is O=C(O)C1CCCCC1C(=O)Nc1cc(Br)ccc1Cl. The first kappa shape index (κ1) is 15.3. The van der Waals surface area contributed by atoms with E-state index in [4.69, 9.17) is 11.6 Å². The van der Waals surface area contributed by atoms with Crippen LogP contribution in [-0.4, -0.2) is 17.0 Å². The summed E-state index contributed by atoms with van der Waals surface area (Å²) in [6, 6.07) is 5.16. The number of nitrogens with one attached hydrogen (secondary N) is 1. The largest absolute Gasteiger partial charge is 0.481 e. The smallest absolute Gasteiger partial charge is 0.307 e. The van der Waals surface area contributed by atoms with Gasteiger partial charge in [-0.15, -0.1) is 0 Å². The first-order valence-electron chi connectivity index (χ1n) is 6.48. The molecular weight excluding hydrogens is 346 g/mol. The van der Waals surface area contributed by atoms with Crippen molar-refractivity contribution in [3.8, 4) is 0 Å². The van der Waals surface area contributed by atoms with Crippen molar-refractivity contribution in [2.75, 3.05) is 5.32 Å². The number of carbonyl (C=O) groups is 2. The average molecular weight is 361 g/mol. The van der Waals surface area contributed by atoms with Crippen molar-refractivity contribution < 1.29 is 14.7 Å². The fraction of sp³-hybridized carbons (Fsp3) is 0.429. The molecule has 2 unspecified atom stereocenters. The monoisotopic (exact) mass is 359 g/mol. The third-order valence-electron chi connectivity index (χ3n) is 3.61. The summed E-state index contributed by atoms with van der Waals surface area (Å²) in [6.07, 6.45) is 2.90. The Morgan fingerprint density at radius 3 is 2.55 bits per heavy atom. The summed E-state index contributed by atoms with van der Waals surface area (Å²) in [5, 5.41) is 12.4. The number of amides is 1. The quantitative estimate of drug-likeness (QED) is 0.858. The van der Waals surface area contributed by atoms with Crippen LogP contribution in [0.5, 0.6) is 0 Å². The van der Waals surface area contributed by atoms with E-state index in [2.05, 4.69) is 21.2 Å². The first-order valence-corrected chi connectivity index (χ1v) is 7.65. The van der Waals surface area contributed by atoms with Crippen molar-refractivity contribution in [2.24, 2.45) is 11.8 Å². The van der Waals surface area contributed by atoms with Gasteiger partial charge in [0.25, 0.3) is 0 Å². The molecule has 0 saturated heterocycles. The highest BCUT2D eigenvalue weighted by molar-refractivity contribution is 9.10. The molecule has 1 saturated carbocycles. The van der Waals surface area contributed by atoms with Gasteiger partial charge in [0, 0.05) is 4.47 Å². The van der Waals surface area contributed by atoms with Crippen LogP contribution in [0, 0.1) is 11.8 Å². The fourth-order valence-corrected chi connectivity index (χ4v) is 3.08. The molecule has 2 N–H and O–H groups in total. The second-order valence-corrected chi connectivity index (χ2v) is 6.27. The molecule has 108 valence electrons. The Morgan fingerprint density at radius 1 is 1.25 bits per heavy atom. The zero-order chi connectivity index (χ0) is 14.7. The fourth-order valence-electron chi connectivity index (χ4n) is 2.56. The molecule has 0 aliphatic heterocycles. The highest BCUT2D eigenvalue weighted by atomic mass is 79.9. The molecule has 1 aliphatic carbocycles. The third kappa shape index (κ3) is 3.52. The summed E-state index contributed by atoms with van der Waals surface area (Å²) < 4.78 is 0.802. The van der Waals surface area contributed by atoms with Gasteiger partial charge in [-0.1, -0.05) is 40.4 Å². The number of aliphatic carboxylic acids is 1. The minimum Gasteiger partial charge on any atom is -0.481 e. The van der Waals surface area contributed by atoms with Crippen LogP contribution in [0.3, 0.4) is 0 Å². The summed E-state index contributed by atoms with van der Waals surface area (Å²) in [4.78, 5) is 23.5. The van der Waals surface area contributed by atoms with Gasteiger partial charge in [0.1, 0.15) is 0 Å². The minimum absolute atomic E-state index is 0.267. The molecule has 0 spiro atoms. The standard InChI is InChI=1S/C14H15BrClNO3/c15-8-5-6-11(16)12(7-8)17-13(18)9-3-1-2-4-10(9)14(19)20/h5-7,9-10H,1-4H2,(H,17,18)(H,19,20). The van der Waals surface area contributed by atoms with Gasteiger partial charge >= 0.3 is 5.97 Å². The highest BCUT2D eigenvalue weighted by Crippen LogP contribution is 2.32. The van der Waals surface area contributed by atoms with Crippen molar-refractivity contribution in [2.45, 2.75) is 25.7 Å². The van der Waals surface area contributed by atoms with Crippen LogP contribution in [0.25, 0.3) is 0 Å². The number of carboxylic acids is 1. The van der Waals surface area contributed by atoms with Crippen LogP contribution < -0.4 is 5.32 Å². The molecule has 0 aromatic heterocycles. The molecule has 1 aromatic carbocycles. The van der Waals surface area contributed by atoms with Gasteiger partial charge in [-0.2, -0.15) is 0 Å². The molecule has 1 amide bonds. The molecule has 0 radical (unpaired) electrons. The van der Waals surface area contributed by atoms with Crippen LogP contribution in [0.15, 0.2) is 22.7 Å². The lowest BCUT2D eigenvalue weighted by Crippen LogP contribution is -2.36. The van der Waals surface area contributed by atoms with Crippen molar-refractivity contribution in [3.05, 3.63) is 27.7 Å². The number of anilines is 1. The van der Waals surface area contributed by atoms with Crippen molar-refractivity contribution in [1.82, 2.24) is 0 Å². The van der Waals surface area contributed by atoms with Crippen molar-refractivity contribution >= 4 is 45.1 Å². The van der Waals surface area contributed by atoms with E-state index in [0.717, 1.165) is 17.3 Å². The van der Waals surface area contributed by atoms with E-state index in [1.54, 1.807) is 18.2 Å².